The van der Waals surface area contributed by atoms with E-state index in [2.05, 4.69) is 21.3 Å². The van der Waals surface area contributed by atoms with Crippen molar-refractivity contribution < 1.29 is 28.7 Å². The van der Waals surface area contributed by atoms with Gasteiger partial charge in [-0.3, -0.25) is 19.7 Å². The Kier molecular flexibility index (Phi) is 8.52. The predicted molar refractivity (Wildman–Crippen MR) is 116 cm³/mol. The lowest BCUT2D eigenvalue weighted by atomic mass is 10.1. The van der Waals surface area contributed by atoms with E-state index in [0.717, 1.165) is 0 Å². The van der Waals surface area contributed by atoms with Gasteiger partial charge in [0, 0.05) is 49.3 Å². The van der Waals surface area contributed by atoms with E-state index >= 15 is 0 Å². The molecule has 164 valence electrons. The molecule has 2 rings (SSSR count). The summed E-state index contributed by atoms with van der Waals surface area (Å²) in [5.41, 5.74) is 1.78. The Hall–Kier alpha value is -3.92. The number of benzene rings is 2. The van der Waals surface area contributed by atoms with Gasteiger partial charge in [0.2, 0.25) is 11.8 Å². The average Bonchev–Trinajstić information content (AvgIpc) is 2.67. The lowest BCUT2D eigenvalue weighted by Gasteiger charge is -2.12. The van der Waals surface area contributed by atoms with Crippen LogP contribution in [-0.4, -0.2) is 44.1 Å². The smallest absolute Gasteiger partial charge is 0.411 e. The van der Waals surface area contributed by atoms with Crippen molar-refractivity contribution >= 4 is 46.6 Å². The predicted octanol–water partition coefficient (Wildman–Crippen LogP) is 3.05. The number of methoxy groups -OCH3 is 1. The van der Waals surface area contributed by atoms with Crippen LogP contribution in [0.5, 0.6) is 0 Å². The fraction of sp³-hybridized carbons (Fsp3) is 0.238. The van der Waals surface area contributed by atoms with Gasteiger partial charge in [0.25, 0.3) is 5.91 Å². The molecule has 4 N–H and O–H groups in total. The van der Waals surface area contributed by atoms with Crippen molar-refractivity contribution in [3.8, 4) is 0 Å². The third-order valence-corrected chi connectivity index (χ3v) is 3.72. The molecule has 0 aliphatic rings. The molecule has 0 aliphatic carbocycles. The van der Waals surface area contributed by atoms with Crippen molar-refractivity contribution in [1.82, 2.24) is 0 Å². The number of amides is 4. The van der Waals surface area contributed by atoms with E-state index in [4.69, 9.17) is 9.47 Å². The van der Waals surface area contributed by atoms with E-state index in [9.17, 15) is 19.2 Å². The molecule has 4 amide bonds. The van der Waals surface area contributed by atoms with Crippen LogP contribution in [0.4, 0.5) is 27.5 Å². The van der Waals surface area contributed by atoms with Crippen molar-refractivity contribution in [2.24, 2.45) is 0 Å². The van der Waals surface area contributed by atoms with Gasteiger partial charge in [-0.2, -0.15) is 0 Å². The first-order chi connectivity index (χ1) is 14.8. The largest absolute Gasteiger partial charge is 0.447 e. The minimum Gasteiger partial charge on any atom is -0.447 e. The minimum absolute atomic E-state index is 0.111. The second-order valence-corrected chi connectivity index (χ2v) is 6.45. The van der Waals surface area contributed by atoms with Crippen LogP contribution in [0.3, 0.4) is 0 Å². The summed E-state index contributed by atoms with van der Waals surface area (Å²) in [5.74, 6) is -1.11. The Bertz CT molecular complexity index is 942. The van der Waals surface area contributed by atoms with Crippen LogP contribution in [0.1, 0.15) is 24.2 Å². The Morgan fingerprint density at radius 3 is 1.84 bits per heavy atom. The van der Waals surface area contributed by atoms with E-state index < -0.39 is 12.0 Å². The molecule has 0 bridgehead atoms. The summed E-state index contributed by atoms with van der Waals surface area (Å²) in [7, 11) is 1.50. The summed E-state index contributed by atoms with van der Waals surface area (Å²) >= 11 is 0. The molecule has 0 fully saturated rings. The first-order valence-corrected chi connectivity index (χ1v) is 9.31. The highest BCUT2D eigenvalue weighted by molar-refractivity contribution is 6.07. The van der Waals surface area contributed by atoms with Crippen LogP contribution < -0.4 is 21.3 Å². The number of ether oxygens (including phenoxy) is 2. The number of carbonyl (C=O) groups excluding carboxylic acids is 4. The molecule has 0 unspecified atom stereocenters. The van der Waals surface area contributed by atoms with Crippen molar-refractivity contribution in [2.45, 2.75) is 13.8 Å². The monoisotopic (exact) mass is 428 g/mol. The summed E-state index contributed by atoms with van der Waals surface area (Å²) in [6.07, 6.45) is -0.650. The number of hydrogen-bond acceptors (Lipinski definition) is 6. The van der Waals surface area contributed by atoms with Gasteiger partial charge in [-0.25, -0.2) is 4.79 Å². The third-order valence-electron chi connectivity index (χ3n) is 3.72. The molecule has 0 saturated carbocycles. The molecule has 0 saturated heterocycles. The summed E-state index contributed by atoms with van der Waals surface area (Å²) in [4.78, 5) is 47.2. The Morgan fingerprint density at radius 1 is 0.742 bits per heavy atom. The van der Waals surface area contributed by atoms with Crippen molar-refractivity contribution in [3.05, 3.63) is 48.0 Å². The molecule has 2 aromatic carbocycles. The molecule has 2 aromatic rings. The molecular weight excluding hydrogens is 404 g/mol. The highest BCUT2D eigenvalue weighted by Crippen LogP contribution is 2.22. The number of nitrogens with one attached hydrogen (secondary N) is 4. The normalized spacial score (nSPS) is 10.0. The Morgan fingerprint density at radius 2 is 1.29 bits per heavy atom. The topological polar surface area (TPSA) is 135 Å². The number of hydrogen-bond donors (Lipinski definition) is 4. The molecule has 31 heavy (non-hydrogen) atoms. The van der Waals surface area contributed by atoms with Crippen molar-refractivity contribution in [2.75, 3.05) is 41.6 Å². The van der Waals surface area contributed by atoms with Gasteiger partial charge in [-0.1, -0.05) is 6.07 Å². The van der Waals surface area contributed by atoms with Crippen molar-refractivity contribution in [3.63, 3.8) is 0 Å². The fourth-order valence-corrected chi connectivity index (χ4v) is 2.56. The zero-order valence-electron chi connectivity index (χ0n) is 17.4. The van der Waals surface area contributed by atoms with Gasteiger partial charge in [-0.05, 0) is 36.4 Å². The molecule has 10 heteroatoms. The second-order valence-electron chi connectivity index (χ2n) is 6.45. The van der Waals surface area contributed by atoms with Crippen LogP contribution in [0.15, 0.2) is 42.5 Å². The second kappa shape index (κ2) is 11.3. The molecule has 0 aliphatic heterocycles. The third kappa shape index (κ3) is 8.15. The Balaban J connectivity index is 2.14. The van der Waals surface area contributed by atoms with Crippen LogP contribution in [-0.2, 0) is 19.1 Å². The number of carbonyl (C=O) groups is 4. The highest BCUT2D eigenvalue weighted by atomic mass is 16.6. The average molecular weight is 428 g/mol. The quantitative estimate of drug-likeness (QED) is 0.477. The van der Waals surface area contributed by atoms with E-state index in [1.807, 2.05) is 0 Å². The lowest BCUT2D eigenvalue weighted by Crippen LogP contribution is -2.17. The number of anilines is 4. The summed E-state index contributed by atoms with van der Waals surface area (Å²) < 4.78 is 9.74. The van der Waals surface area contributed by atoms with E-state index in [0.29, 0.717) is 22.7 Å². The van der Waals surface area contributed by atoms with Gasteiger partial charge in [0.15, 0.2) is 0 Å². The summed E-state index contributed by atoms with van der Waals surface area (Å²) in [6, 6.07) is 11.0. The Labute approximate surface area is 179 Å². The first kappa shape index (κ1) is 23.4. The lowest BCUT2D eigenvalue weighted by molar-refractivity contribution is -0.115. The highest BCUT2D eigenvalue weighted by Gasteiger charge is 2.12. The maximum absolute atomic E-state index is 12.7. The summed E-state index contributed by atoms with van der Waals surface area (Å²) in [5, 5.41) is 10.4. The molecule has 0 spiro atoms. The van der Waals surface area contributed by atoms with Crippen LogP contribution in [0.25, 0.3) is 0 Å². The number of rotatable bonds is 8. The van der Waals surface area contributed by atoms with E-state index in [-0.39, 0.29) is 30.6 Å². The zero-order valence-corrected chi connectivity index (χ0v) is 17.4. The minimum atomic E-state index is -0.650. The summed E-state index contributed by atoms with van der Waals surface area (Å²) in [6.45, 7) is 3.06. The van der Waals surface area contributed by atoms with Gasteiger partial charge in [0.05, 0.1) is 6.61 Å². The molecule has 0 aromatic heterocycles. The van der Waals surface area contributed by atoms with E-state index in [1.54, 1.807) is 30.3 Å². The van der Waals surface area contributed by atoms with Gasteiger partial charge >= 0.3 is 6.09 Å². The zero-order chi connectivity index (χ0) is 22.8. The van der Waals surface area contributed by atoms with Crippen LogP contribution in [0.2, 0.25) is 0 Å². The van der Waals surface area contributed by atoms with Crippen molar-refractivity contribution in [1.29, 1.82) is 0 Å². The molecule has 0 radical (unpaired) electrons. The van der Waals surface area contributed by atoms with Gasteiger partial charge in [-0.15, -0.1) is 0 Å². The molecule has 10 nitrogen and oxygen atoms in total. The fourth-order valence-electron chi connectivity index (χ4n) is 2.56. The maximum atomic E-state index is 12.7. The molecule has 0 atom stereocenters. The first-order valence-electron chi connectivity index (χ1n) is 9.31. The van der Waals surface area contributed by atoms with Gasteiger partial charge < -0.3 is 25.4 Å². The van der Waals surface area contributed by atoms with Gasteiger partial charge in [0.1, 0.15) is 6.61 Å². The molecule has 0 heterocycles. The maximum Gasteiger partial charge on any atom is 0.411 e. The van der Waals surface area contributed by atoms with Crippen LogP contribution >= 0.6 is 0 Å². The standard InChI is InChI=1S/C21H24N4O6/c1-13(26)22-18-9-15(10-19(12-18)23-14(2)27)20(28)24-16-5-4-6-17(11-16)25-21(29)31-8-7-30-3/h4-6,9-12H,7-8H2,1-3H3,(H,22,26)(H,23,27)(H,24,28)(H,25,29). The molecular formula is C21H24N4O6. The SMILES string of the molecule is COCCOC(=O)Nc1cccc(NC(=O)c2cc(NC(C)=O)cc(NC(C)=O)c2)c1. The van der Waals surface area contributed by atoms with E-state index in [1.165, 1.54) is 33.1 Å². The van der Waals surface area contributed by atoms with Crippen LogP contribution in [0, 0.1) is 0 Å².